The molecule has 0 bridgehead atoms. The van der Waals surface area contributed by atoms with Crippen molar-refractivity contribution in [2.45, 2.75) is 64.3 Å². The van der Waals surface area contributed by atoms with E-state index >= 15 is 0 Å². The third-order valence-electron chi connectivity index (χ3n) is 4.22. The number of carbonyl (C=O) groups excluding carboxylic acids is 1. The SMILES string of the molecule is CC(C(=O)NC1CCCC1)C1CCCC1. The summed E-state index contributed by atoms with van der Waals surface area (Å²) in [4.78, 5) is 12.0. The van der Waals surface area contributed by atoms with Crippen molar-refractivity contribution >= 4 is 5.91 Å². The number of nitrogens with one attached hydrogen (secondary N) is 1. The van der Waals surface area contributed by atoms with Crippen molar-refractivity contribution in [1.29, 1.82) is 0 Å². The van der Waals surface area contributed by atoms with Gasteiger partial charge in [-0.25, -0.2) is 0 Å². The van der Waals surface area contributed by atoms with Gasteiger partial charge in [0.25, 0.3) is 0 Å². The molecule has 0 radical (unpaired) electrons. The first kappa shape index (κ1) is 11.0. The molecule has 2 aliphatic carbocycles. The van der Waals surface area contributed by atoms with Crippen molar-refractivity contribution < 1.29 is 4.79 Å². The van der Waals surface area contributed by atoms with Gasteiger partial charge in [-0.15, -0.1) is 0 Å². The summed E-state index contributed by atoms with van der Waals surface area (Å²) >= 11 is 0. The van der Waals surface area contributed by atoms with E-state index in [2.05, 4.69) is 12.2 Å². The van der Waals surface area contributed by atoms with Crippen LogP contribution in [0.25, 0.3) is 0 Å². The molecule has 2 aliphatic rings. The summed E-state index contributed by atoms with van der Waals surface area (Å²) < 4.78 is 0. The zero-order valence-electron chi connectivity index (χ0n) is 9.80. The molecule has 2 rings (SSSR count). The number of rotatable bonds is 3. The van der Waals surface area contributed by atoms with Gasteiger partial charge in [-0.3, -0.25) is 4.79 Å². The number of hydrogen-bond acceptors (Lipinski definition) is 1. The van der Waals surface area contributed by atoms with Crippen LogP contribution >= 0.6 is 0 Å². The van der Waals surface area contributed by atoms with Crippen LogP contribution in [0, 0.1) is 11.8 Å². The molecule has 1 N–H and O–H groups in total. The van der Waals surface area contributed by atoms with Gasteiger partial charge in [0.2, 0.25) is 5.91 Å². The predicted octanol–water partition coefficient (Wildman–Crippen LogP) is 2.87. The van der Waals surface area contributed by atoms with Crippen LogP contribution in [-0.2, 0) is 4.79 Å². The second-order valence-electron chi connectivity index (χ2n) is 5.32. The van der Waals surface area contributed by atoms with Gasteiger partial charge in [0.15, 0.2) is 0 Å². The molecule has 2 heteroatoms. The molecule has 86 valence electrons. The van der Waals surface area contributed by atoms with Gasteiger partial charge in [-0.05, 0) is 31.6 Å². The van der Waals surface area contributed by atoms with Crippen molar-refractivity contribution in [1.82, 2.24) is 5.32 Å². The van der Waals surface area contributed by atoms with Crippen molar-refractivity contribution in [3.8, 4) is 0 Å². The maximum atomic E-state index is 12.0. The Bertz CT molecular complexity index is 215. The lowest BCUT2D eigenvalue weighted by Gasteiger charge is -2.21. The molecule has 15 heavy (non-hydrogen) atoms. The second kappa shape index (κ2) is 5.00. The Hall–Kier alpha value is -0.530. The van der Waals surface area contributed by atoms with Crippen LogP contribution in [0.2, 0.25) is 0 Å². The summed E-state index contributed by atoms with van der Waals surface area (Å²) in [7, 11) is 0. The molecule has 0 aromatic heterocycles. The van der Waals surface area contributed by atoms with Crippen LogP contribution in [0.5, 0.6) is 0 Å². The Balaban J connectivity index is 1.78. The second-order valence-corrected chi connectivity index (χ2v) is 5.32. The topological polar surface area (TPSA) is 29.1 Å². The smallest absolute Gasteiger partial charge is 0.223 e. The van der Waals surface area contributed by atoms with Crippen LogP contribution in [0.3, 0.4) is 0 Å². The maximum Gasteiger partial charge on any atom is 0.223 e. The molecular weight excluding hydrogens is 186 g/mol. The molecule has 0 aromatic carbocycles. The zero-order valence-corrected chi connectivity index (χ0v) is 9.80. The van der Waals surface area contributed by atoms with Crippen molar-refractivity contribution in [3.63, 3.8) is 0 Å². The van der Waals surface area contributed by atoms with Gasteiger partial charge in [0.05, 0.1) is 0 Å². The first-order chi connectivity index (χ1) is 7.27. The van der Waals surface area contributed by atoms with Gasteiger partial charge < -0.3 is 5.32 Å². The molecule has 1 atom stereocenters. The lowest BCUT2D eigenvalue weighted by atomic mass is 9.91. The van der Waals surface area contributed by atoms with Crippen LogP contribution in [0.4, 0.5) is 0 Å². The van der Waals surface area contributed by atoms with Gasteiger partial charge in [0.1, 0.15) is 0 Å². The monoisotopic (exact) mass is 209 g/mol. The van der Waals surface area contributed by atoms with E-state index in [1.165, 1.54) is 51.4 Å². The maximum absolute atomic E-state index is 12.0. The van der Waals surface area contributed by atoms with Crippen LogP contribution in [0.1, 0.15) is 58.3 Å². The van der Waals surface area contributed by atoms with Crippen LogP contribution < -0.4 is 5.32 Å². The lowest BCUT2D eigenvalue weighted by molar-refractivity contribution is -0.126. The van der Waals surface area contributed by atoms with Gasteiger partial charge in [-0.2, -0.15) is 0 Å². The summed E-state index contributed by atoms with van der Waals surface area (Å²) in [6.45, 7) is 2.11. The lowest BCUT2D eigenvalue weighted by Crippen LogP contribution is -2.38. The quantitative estimate of drug-likeness (QED) is 0.761. The normalized spacial score (nSPS) is 25.7. The predicted molar refractivity (Wildman–Crippen MR) is 61.5 cm³/mol. The minimum atomic E-state index is 0.244. The summed E-state index contributed by atoms with van der Waals surface area (Å²) in [6.07, 6.45) is 10.2. The molecular formula is C13H23NO. The molecule has 0 aromatic rings. The fraction of sp³-hybridized carbons (Fsp3) is 0.923. The number of amides is 1. The van der Waals surface area contributed by atoms with Gasteiger partial charge >= 0.3 is 0 Å². The average molecular weight is 209 g/mol. The Labute approximate surface area is 92.8 Å². The Morgan fingerprint density at radius 1 is 1.07 bits per heavy atom. The van der Waals surface area contributed by atoms with Gasteiger partial charge in [-0.1, -0.05) is 32.6 Å². The van der Waals surface area contributed by atoms with Crippen molar-refractivity contribution in [2.75, 3.05) is 0 Å². The van der Waals surface area contributed by atoms with E-state index in [-0.39, 0.29) is 5.92 Å². The third-order valence-corrected chi connectivity index (χ3v) is 4.22. The summed E-state index contributed by atoms with van der Waals surface area (Å²) in [5.74, 6) is 1.22. The van der Waals surface area contributed by atoms with Crippen LogP contribution in [-0.4, -0.2) is 11.9 Å². The van der Waals surface area contributed by atoms with Crippen molar-refractivity contribution in [3.05, 3.63) is 0 Å². The Morgan fingerprint density at radius 3 is 2.20 bits per heavy atom. The number of hydrogen-bond donors (Lipinski definition) is 1. The van der Waals surface area contributed by atoms with E-state index in [9.17, 15) is 4.79 Å². The van der Waals surface area contributed by atoms with E-state index in [4.69, 9.17) is 0 Å². The highest BCUT2D eigenvalue weighted by molar-refractivity contribution is 5.78. The molecule has 1 unspecified atom stereocenters. The van der Waals surface area contributed by atoms with E-state index in [1.54, 1.807) is 0 Å². The van der Waals surface area contributed by atoms with Crippen LogP contribution in [0.15, 0.2) is 0 Å². The highest BCUT2D eigenvalue weighted by atomic mass is 16.1. The van der Waals surface area contributed by atoms with Gasteiger partial charge in [0, 0.05) is 12.0 Å². The van der Waals surface area contributed by atoms with E-state index in [1.807, 2.05) is 0 Å². The highest BCUT2D eigenvalue weighted by Crippen LogP contribution is 2.31. The summed E-state index contributed by atoms with van der Waals surface area (Å²) in [5, 5.41) is 3.22. The van der Waals surface area contributed by atoms with E-state index in [0.29, 0.717) is 17.9 Å². The fourth-order valence-electron chi connectivity index (χ4n) is 3.07. The molecule has 2 saturated carbocycles. The van der Waals surface area contributed by atoms with Crippen molar-refractivity contribution in [2.24, 2.45) is 11.8 Å². The molecule has 2 fully saturated rings. The van der Waals surface area contributed by atoms with E-state index in [0.717, 1.165) is 0 Å². The number of carbonyl (C=O) groups is 1. The molecule has 2 nitrogen and oxygen atoms in total. The molecule has 0 spiro atoms. The highest BCUT2D eigenvalue weighted by Gasteiger charge is 2.28. The first-order valence-electron chi connectivity index (χ1n) is 6.58. The van der Waals surface area contributed by atoms with E-state index < -0.39 is 0 Å². The largest absolute Gasteiger partial charge is 0.353 e. The Kier molecular flexibility index (Phi) is 3.66. The zero-order chi connectivity index (χ0) is 10.7. The fourth-order valence-corrected chi connectivity index (χ4v) is 3.07. The summed E-state index contributed by atoms with van der Waals surface area (Å²) in [5.41, 5.74) is 0. The minimum absolute atomic E-state index is 0.244. The molecule has 1 amide bonds. The third kappa shape index (κ3) is 2.73. The molecule has 0 heterocycles. The molecule has 0 aliphatic heterocycles. The Morgan fingerprint density at radius 2 is 1.60 bits per heavy atom. The standard InChI is InChI=1S/C13H23NO/c1-10(11-6-2-3-7-11)13(15)14-12-8-4-5-9-12/h10-12H,2-9H2,1H3,(H,14,15). The molecule has 0 saturated heterocycles. The minimum Gasteiger partial charge on any atom is -0.353 e. The first-order valence-corrected chi connectivity index (χ1v) is 6.58. The average Bonchev–Trinajstić information content (AvgIpc) is 2.88. The summed E-state index contributed by atoms with van der Waals surface area (Å²) in [6, 6.07) is 0.487.